The van der Waals surface area contributed by atoms with Gasteiger partial charge in [-0.1, -0.05) is 71.8 Å². The molecule has 0 radical (unpaired) electrons. The van der Waals surface area contributed by atoms with E-state index in [0.717, 1.165) is 11.1 Å². The van der Waals surface area contributed by atoms with Crippen molar-refractivity contribution in [2.24, 2.45) is 0 Å². The maximum Gasteiger partial charge on any atom is 3.00 e. The fourth-order valence-electron chi connectivity index (χ4n) is 1.79. The van der Waals surface area contributed by atoms with Crippen LogP contribution in [0.1, 0.15) is 23.1 Å². The fourth-order valence-corrected chi connectivity index (χ4v) is 1.79. The first-order valence-electron chi connectivity index (χ1n) is 5.43. The van der Waals surface area contributed by atoms with Crippen molar-refractivity contribution < 1.29 is 25.6 Å². The normalized spacial score (nSPS) is 12.1. The molecule has 0 aliphatic carbocycles. The Kier molecular flexibility index (Phi) is 10.6. The third-order valence-electron chi connectivity index (χ3n) is 2.79. The molecule has 104 valence electrons. The van der Waals surface area contributed by atoms with Crippen molar-refractivity contribution >= 4 is 0 Å². The van der Waals surface area contributed by atoms with E-state index in [1.807, 2.05) is 60.7 Å². The van der Waals surface area contributed by atoms with Gasteiger partial charge in [-0.25, -0.2) is 0 Å². The average Bonchev–Trinajstić information content (AvgIpc) is 2.39. The van der Waals surface area contributed by atoms with Crippen LogP contribution in [-0.4, -0.2) is 5.48 Å². The van der Waals surface area contributed by atoms with E-state index in [2.05, 4.69) is 6.92 Å². The Morgan fingerprint density at radius 1 is 0.789 bits per heavy atom. The van der Waals surface area contributed by atoms with Crippen molar-refractivity contribution in [2.75, 3.05) is 0 Å². The van der Waals surface area contributed by atoms with Gasteiger partial charge in [-0.3, -0.25) is 0 Å². The maximum atomic E-state index is 8.19. The summed E-state index contributed by atoms with van der Waals surface area (Å²) in [5.74, 6) is -0.0244. The molecule has 0 saturated heterocycles. The predicted molar refractivity (Wildman–Crippen MR) is 78.1 cm³/mol. The van der Waals surface area contributed by atoms with E-state index in [4.69, 9.17) is 5.73 Å². The van der Waals surface area contributed by atoms with Crippen molar-refractivity contribution in [1.82, 2.24) is 0 Å². The Morgan fingerprint density at radius 2 is 1.16 bits per heavy atom. The van der Waals surface area contributed by atoms with Crippen molar-refractivity contribution in [2.45, 2.75) is 12.0 Å². The largest absolute Gasteiger partial charge is 3.00 e. The number of benzene rings is 2. The predicted octanol–water partition coefficient (Wildman–Crippen LogP) is 4.02. The van der Waals surface area contributed by atoms with Crippen molar-refractivity contribution in [1.29, 1.82) is 0 Å². The molecule has 0 saturated carbocycles. The molecular formula is C16H20IrNO. The molecule has 0 unspecified atom stereocenters. The molecule has 2 nitrogen and oxygen atoms in total. The van der Waals surface area contributed by atoms with E-state index in [1.165, 1.54) is 0 Å². The summed E-state index contributed by atoms with van der Waals surface area (Å²) in [6, 6.07) is 19.6. The van der Waals surface area contributed by atoms with E-state index in [1.54, 1.807) is 0 Å². The summed E-state index contributed by atoms with van der Waals surface area (Å²) in [5.41, 5.74) is 10.3. The van der Waals surface area contributed by atoms with Crippen LogP contribution < -0.4 is 0 Å². The molecule has 0 fully saturated rings. The molecule has 3 heteroatoms. The summed E-state index contributed by atoms with van der Waals surface area (Å²) in [6.45, 7) is 4.10. The number of nitrogens with one attached hydrogen (secondary N) is 1. The molecule has 2 aromatic carbocycles. The van der Waals surface area contributed by atoms with Gasteiger partial charge in [0, 0.05) is 0 Å². The molecule has 0 aliphatic rings. The Hall–Kier alpha value is -0.991. The molecular weight excluding hydrogens is 414 g/mol. The summed E-state index contributed by atoms with van der Waals surface area (Å²) in [5, 5.41) is 0. The zero-order valence-electron chi connectivity index (χ0n) is 11.0. The first-order chi connectivity index (χ1) is 7.79. The van der Waals surface area contributed by atoms with Crippen LogP contribution in [0.2, 0.25) is 0 Å². The van der Waals surface area contributed by atoms with Crippen LogP contribution in [0.3, 0.4) is 0 Å². The zero-order valence-corrected chi connectivity index (χ0v) is 13.4. The first kappa shape index (κ1) is 20.3. The third-order valence-corrected chi connectivity index (χ3v) is 2.79. The van der Waals surface area contributed by atoms with Crippen LogP contribution in [-0.2, 0) is 20.1 Å². The van der Waals surface area contributed by atoms with Gasteiger partial charge in [-0.2, -0.15) is 5.92 Å². The molecule has 2 aromatic rings. The van der Waals surface area contributed by atoms with E-state index in [-0.39, 0.29) is 45.0 Å². The monoisotopic (exact) mass is 435 g/mol. The Morgan fingerprint density at radius 3 is 1.58 bits per heavy atom. The molecule has 0 heterocycles. The Labute approximate surface area is 129 Å². The van der Waals surface area contributed by atoms with Gasteiger partial charge in [0.25, 0.3) is 0 Å². The van der Waals surface area contributed by atoms with E-state index in [0.29, 0.717) is 0 Å². The van der Waals surface area contributed by atoms with Crippen LogP contribution >= 0.6 is 0 Å². The second-order valence-corrected chi connectivity index (χ2v) is 3.91. The molecule has 2 atom stereocenters. The molecule has 3 N–H and O–H groups in total. The summed E-state index contributed by atoms with van der Waals surface area (Å²) >= 11 is 0. The average molecular weight is 435 g/mol. The SMILES string of the molecule is O.[CH2-][C@H](c1ccccc1)[C@H]([NH-])c1ccccc1.[CH3-].[Ir+3]. The number of hydrogen-bond acceptors (Lipinski definition) is 0. The van der Waals surface area contributed by atoms with Gasteiger partial charge in [-0.15, -0.1) is 6.04 Å². The van der Waals surface area contributed by atoms with Crippen LogP contribution in [0.5, 0.6) is 0 Å². The second-order valence-electron chi connectivity index (χ2n) is 3.91. The summed E-state index contributed by atoms with van der Waals surface area (Å²) in [7, 11) is 0. The zero-order chi connectivity index (χ0) is 11.4. The quantitative estimate of drug-likeness (QED) is 0.656. The van der Waals surface area contributed by atoms with Gasteiger partial charge >= 0.3 is 20.1 Å². The maximum absolute atomic E-state index is 8.19. The van der Waals surface area contributed by atoms with Gasteiger partial charge in [0.15, 0.2) is 0 Å². The van der Waals surface area contributed by atoms with Crippen LogP contribution in [0.4, 0.5) is 0 Å². The second kappa shape index (κ2) is 9.88. The van der Waals surface area contributed by atoms with Crippen molar-refractivity contribution in [3.8, 4) is 0 Å². The van der Waals surface area contributed by atoms with Crippen molar-refractivity contribution in [3.05, 3.63) is 91.9 Å². The topological polar surface area (TPSA) is 55.3 Å². The number of hydrogen-bond donors (Lipinski definition) is 0. The number of rotatable bonds is 3. The fraction of sp³-hybridized carbons (Fsp3) is 0.125. The smallest absolute Gasteiger partial charge is 0.672 e. The standard InChI is InChI=1S/C15H15N.CH3.Ir.H2O/c1-12(13-8-4-2-5-9-13)15(16)14-10-6-3-7-11-14;;;/h2-12,15-16H,1H2;1H3;;1H2/q-2;-1;+3;/t12-,15+;;;/m1.../s1. The van der Waals surface area contributed by atoms with Crippen LogP contribution in [0.25, 0.3) is 5.73 Å². The van der Waals surface area contributed by atoms with Gasteiger partial charge < -0.3 is 25.6 Å². The molecule has 0 amide bonds. The molecule has 0 aliphatic heterocycles. The molecule has 0 bridgehead atoms. The van der Waals surface area contributed by atoms with Crippen LogP contribution in [0, 0.1) is 14.4 Å². The van der Waals surface area contributed by atoms with Gasteiger partial charge in [-0.05, 0) is 0 Å². The molecule has 19 heavy (non-hydrogen) atoms. The van der Waals surface area contributed by atoms with E-state index < -0.39 is 0 Å². The van der Waals surface area contributed by atoms with E-state index in [9.17, 15) is 0 Å². The van der Waals surface area contributed by atoms with E-state index >= 15 is 0 Å². The minimum absolute atomic E-state index is 0. The van der Waals surface area contributed by atoms with Crippen LogP contribution in [0.15, 0.2) is 60.7 Å². The minimum Gasteiger partial charge on any atom is -0.672 e. The van der Waals surface area contributed by atoms with Gasteiger partial charge in [0.2, 0.25) is 0 Å². The Balaban J connectivity index is 0. The Bertz CT molecular complexity index is 390. The molecule has 2 rings (SSSR count). The third kappa shape index (κ3) is 5.25. The molecule has 0 spiro atoms. The van der Waals surface area contributed by atoms with Gasteiger partial charge in [0.05, 0.1) is 0 Å². The van der Waals surface area contributed by atoms with Gasteiger partial charge in [0.1, 0.15) is 0 Å². The summed E-state index contributed by atoms with van der Waals surface area (Å²) in [4.78, 5) is 0. The molecule has 0 aromatic heterocycles. The first-order valence-corrected chi connectivity index (χ1v) is 5.43. The summed E-state index contributed by atoms with van der Waals surface area (Å²) < 4.78 is 0. The summed E-state index contributed by atoms with van der Waals surface area (Å²) in [6.07, 6.45) is 0. The van der Waals surface area contributed by atoms with Crippen molar-refractivity contribution in [3.63, 3.8) is 0 Å². The minimum atomic E-state index is -0.302.